The first-order valence-corrected chi connectivity index (χ1v) is 6.55. The molecule has 21 heavy (non-hydrogen) atoms. The van der Waals surface area contributed by atoms with Gasteiger partial charge in [0.15, 0.2) is 5.76 Å². The van der Waals surface area contributed by atoms with Crippen LogP contribution in [0.2, 0.25) is 0 Å². The lowest BCUT2D eigenvalue weighted by atomic mass is 9.96. The van der Waals surface area contributed by atoms with E-state index in [0.29, 0.717) is 19.4 Å². The highest BCUT2D eigenvalue weighted by Gasteiger charge is 2.43. The first-order valence-electron chi connectivity index (χ1n) is 6.55. The minimum atomic E-state index is -4.82. The van der Waals surface area contributed by atoms with E-state index < -0.39 is 12.1 Å². The molecular weight excluding hydrogens is 289 g/mol. The number of hydrogen-bond acceptors (Lipinski definition) is 3. The lowest BCUT2D eigenvalue weighted by molar-refractivity contribution is -0.186. The number of halogens is 3. The molecule has 1 fully saturated rings. The second-order valence-corrected chi connectivity index (χ2v) is 4.92. The summed E-state index contributed by atoms with van der Waals surface area (Å²) in [5.41, 5.74) is 0. The fraction of sp³-hybridized carbons (Fsp3) is 0.538. The predicted molar refractivity (Wildman–Crippen MR) is 66.4 cm³/mol. The number of carbonyl (C=O) groups excluding carboxylic acids is 2. The van der Waals surface area contributed by atoms with Gasteiger partial charge in [-0.25, -0.2) is 0 Å². The van der Waals surface area contributed by atoms with E-state index in [-0.39, 0.29) is 30.7 Å². The average Bonchev–Trinajstić information content (AvgIpc) is 2.98. The van der Waals surface area contributed by atoms with Crippen LogP contribution in [0.1, 0.15) is 23.4 Å². The second-order valence-electron chi connectivity index (χ2n) is 4.92. The summed E-state index contributed by atoms with van der Waals surface area (Å²) >= 11 is 0. The lowest BCUT2D eigenvalue weighted by Gasteiger charge is -2.32. The minimum Gasteiger partial charge on any atom is -0.459 e. The molecule has 1 saturated heterocycles. The van der Waals surface area contributed by atoms with Crippen molar-refractivity contribution in [2.24, 2.45) is 5.92 Å². The zero-order chi connectivity index (χ0) is 15.5. The molecule has 2 rings (SSSR count). The smallest absolute Gasteiger partial charge is 0.459 e. The van der Waals surface area contributed by atoms with E-state index in [9.17, 15) is 22.8 Å². The highest BCUT2D eigenvalue weighted by Crippen LogP contribution is 2.23. The number of carbonyl (C=O) groups is 2. The van der Waals surface area contributed by atoms with Crippen molar-refractivity contribution in [3.63, 3.8) is 0 Å². The van der Waals surface area contributed by atoms with Gasteiger partial charge in [0.1, 0.15) is 0 Å². The Morgan fingerprint density at radius 1 is 1.33 bits per heavy atom. The molecule has 0 spiro atoms. The van der Waals surface area contributed by atoms with Gasteiger partial charge in [-0.1, -0.05) is 0 Å². The Labute approximate surface area is 119 Å². The number of rotatable bonds is 3. The van der Waals surface area contributed by atoms with Crippen LogP contribution in [0.25, 0.3) is 0 Å². The maximum absolute atomic E-state index is 12.3. The van der Waals surface area contributed by atoms with Crippen molar-refractivity contribution in [3.05, 3.63) is 24.2 Å². The summed E-state index contributed by atoms with van der Waals surface area (Å²) in [6, 6.07) is 3.12. The number of nitrogens with zero attached hydrogens (tertiary/aromatic N) is 1. The topological polar surface area (TPSA) is 62.6 Å². The Bertz CT molecular complexity index is 491. The Morgan fingerprint density at radius 3 is 2.52 bits per heavy atom. The van der Waals surface area contributed by atoms with Crippen molar-refractivity contribution >= 4 is 11.8 Å². The van der Waals surface area contributed by atoms with Crippen LogP contribution in [0, 0.1) is 5.92 Å². The molecule has 0 radical (unpaired) electrons. The van der Waals surface area contributed by atoms with Crippen LogP contribution in [0.4, 0.5) is 13.2 Å². The highest BCUT2D eigenvalue weighted by atomic mass is 19.4. The van der Waals surface area contributed by atoms with Crippen molar-refractivity contribution in [2.45, 2.75) is 19.0 Å². The van der Waals surface area contributed by atoms with Crippen LogP contribution in [0.5, 0.6) is 0 Å². The highest BCUT2D eigenvalue weighted by molar-refractivity contribution is 5.91. The van der Waals surface area contributed by atoms with Gasteiger partial charge in [-0.15, -0.1) is 0 Å². The molecular formula is C13H15F3N2O3. The fourth-order valence-electron chi connectivity index (χ4n) is 2.25. The van der Waals surface area contributed by atoms with E-state index >= 15 is 0 Å². The van der Waals surface area contributed by atoms with Crippen LogP contribution in [0.3, 0.4) is 0 Å². The number of furan rings is 1. The van der Waals surface area contributed by atoms with Gasteiger partial charge in [0.05, 0.1) is 6.26 Å². The molecule has 0 saturated carbocycles. The quantitative estimate of drug-likeness (QED) is 0.926. The molecule has 0 atom stereocenters. The number of piperidine rings is 1. The van der Waals surface area contributed by atoms with Crippen molar-refractivity contribution < 1.29 is 27.2 Å². The molecule has 0 aliphatic carbocycles. The van der Waals surface area contributed by atoms with Crippen LogP contribution >= 0.6 is 0 Å². The van der Waals surface area contributed by atoms with E-state index in [0.717, 1.165) is 4.90 Å². The Balaban J connectivity index is 1.75. The van der Waals surface area contributed by atoms with E-state index in [2.05, 4.69) is 5.32 Å². The van der Waals surface area contributed by atoms with Gasteiger partial charge in [0, 0.05) is 19.6 Å². The molecule has 0 bridgehead atoms. The largest absolute Gasteiger partial charge is 0.471 e. The zero-order valence-electron chi connectivity index (χ0n) is 11.2. The van der Waals surface area contributed by atoms with Gasteiger partial charge in [0.25, 0.3) is 5.91 Å². The van der Waals surface area contributed by atoms with Crippen molar-refractivity contribution in [2.75, 3.05) is 19.6 Å². The molecule has 2 heterocycles. The van der Waals surface area contributed by atoms with Gasteiger partial charge < -0.3 is 14.6 Å². The van der Waals surface area contributed by atoms with E-state index in [1.54, 1.807) is 6.07 Å². The Morgan fingerprint density at radius 2 is 2.00 bits per heavy atom. The molecule has 1 aromatic rings. The van der Waals surface area contributed by atoms with Crippen LogP contribution in [-0.4, -0.2) is 42.5 Å². The van der Waals surface area contributed by atoms with E-state index in [4.69, 9.17) is 4.42 Å². The van der Waals surface area contributed by atoms with Crippen molar-refractivity contribution in [1.29, 1.82) is 0 Å². The monoisotopic (exact) mass is 304 g/mol. The number of amides is 2. The zero-order valence-corrected chi connectivity index (χ0v) is 11.2. The van der Waals surface area contributed by atoms with Gasteiger partial charge in [-0.05, 0) is 30.9 Å². The predicted octanol–water partition coefficient (Wildman–Crippen LogP) is 1.81. The maximum atomic E-state index is 12.3. The second kappa shape index (κ2) is 6.19. The SMILES string of the molecule is O=C(NCC1CCN(C(=O)C(F)(F)F)CC1)c1ccco1. The number of likely N-dealkylation sites (tertiary alicyclic amines) is 1. The third-order valence-electron chi connectivity index (χ3n) is 3.44. The van der Waals surface area contributed by atoms with Crippen LogP contribution in [0.15, 0.2) is 22.8 Å². The molecule has 1 N–H and O–H groups in total. The summed E-state index contributed by atoms with van der Waals surface area (Å²) in [6.45, 7) is 0.465. The van der Waals surface area contributed by atoms with Gasteiger partial charge in [-0.2, -0.15) is 13.2 Å². The summed E-state index contributed by atoms with van der Waals surface area (Å²) in [7, 11) is 0. The molecule has 1 aromatic heterocycles. The Hall–Kier alpha value is -1.99. The lowest BCUT2D eigenvalue weighted by Crippen LogP contribution is -2.46. The number of nitrogens with one attached hydrogen (secondary N) is 1. The third-order valence-corrected chi connectivity index (χ3v) is 3.44. The van der Waals surface area contributed by atoms with Crippen molar-refractivity contribution in [3.8, 4) is 0 Å². The molecule has 0 aromatic carbocycles. The minimum absolute atomic E-state index is 0.0552. The summed E-state index contributed by atoms with van der Waals surface area (Å²) in [5, 5.41) is 2.67. The van der Waals surface area contributed by atoms with Gasteiger partial charge in [-0.3, -0.25) is 9.59 Å². The maximum Gasteiger partial charge on any atom is 0.471 e. The summed E-state index contributed by atoms with van der Waals surface area (Å²) in [5.74, 6) is -1.89. The summed E-state index contributed by atoms with van der Waals surface area (Å²) in [4.78, 5) is 23.5. The summed E-state index contributed by atoms with van der Waals surface area (Å²) in [6.07, 6.45) is -2.57. The average molecular weight is 304 g/mol. The molecule has 116 valence electrons. The standard InChI is InChI=1S/C13H15F3N2O3/c14-13(15,16)12(20)18-5-3-9(4-6-18)8-17-11(19)10-2-1-7-21-10/h1-2,7,9H,3-6,8H2,(H,17,19). The summed E-state index contributed by atoms with van der Waals surface area (Å²) < 4.78 is 41.8. The Kier molecular flexibility index (Phi) is 4.54. The van der Waals surface area contributed by atoms with E-state index in [1.807, 2.05) is 0 Å². The van der Waals surface area contributed by atoms with Crippen LogP contribution < -0.4 is 5.32 Å². The number of alkyl halides is 3. The number of hydrogen-bond donors (Lipinski definition) is 1. The fourth-order valence-corrected chi connectivity index (χ4v) is 2.25. The molecule has 0 unspecified atom stereocenters. The normalized spacial score (nSPS) is 16.8. The van der Waals surface area contributed by atoms with Gasteiger partial charge in [0.2, 0.25) is 0 Å². The molecule has 1 aliphatic rings. The molecule has 1 aliphatic heterocycles. The molecule has 8 heteroatoms. The molecule has 2 amide bonds. The molecule has 5 nitrogen and oxygen atoms in total. The van der Waals surface area contributed by atoms with E-state index in [1.165, 1.54) is 12.3 Å². The van der Waals surface area contributed by atoms with Crippen LogP contribution in [-0.2, 0) is 4.79 Å². The van der Waals surface area contributed by atoms with Crippen molar-refractivity contribution in [1.82, 2.24) is 10.2 Å². The third kappa shape index (κ3) is 3.99. The first kappa shape index (κ1) is 15.4. The van der Waals surface area contributed by atoms with Gasteiger partial charge >= 0.3 is 12.1 Å². The first-order chi connectivity index (χ1) is 9.88.